The summed E-state index contributed by atoms with van der Waals surface area (Å²) in [5.41, 5.74) is 0. The minimum absolute atomic E-state index is 0.0363. The average molecular weight is 695 g/mol. The summed E-state index contributed by atoms with van der Waals surface area (Å²) in [6.45, 7) is 36.5. The maximum atomic E-state index is 5.96. The SMILES string of the molecule is CCN(CC)C(N(CC)CC)C(C)(CCC[Si](C)(OC)OC)SC(C)(CCC[Si](C)(OC)OC)C(N(CC)CC)N(CC)CC. The van der Waals surface area contributed by atoms with Crippen molar-refractivity contribution in [3.8, 4) is 0 Å². The van der Waals surface area contributed by atoms with E-state index in [1.165, 1.54) is 0 Å². The Hall–Kier alpha value is 0.464. The Morgan fingerprint density at radius 2 is 0.711 bits per heavy atom. The van der Waals surface area contributed by atoms with Crippen LogP contribution in [0.3, 0.4) is 0 Å². The van der Waals surface area contributed by atoms with Crippen molar-refractivity contribution in [1.82, 2.24) is 19.6 Å². The highest BCUT2D eigenvalue weighted by Crippen LogP contribution is 2.50. The van der Waals surface area contributed by atoms with Crippen LogP contribution in [0.4, 0.5) is 0 Å². The first-order valence-corrected chi connectivity index (χ1v) is 23.9. The van der Waals surface area contributed by atoms with Crippen LogP contribution in [0, 0.1) is 0 Å². The van der Waals surface area contributed by atoms with E-state index in [1.54, 1.807) is 0 Å². The summed E-state index contributed by atoms with van der Waals surface area (Å²) in [5.74, 6) is 0. The first-order valence-electron chi connectivity index (χ1n) is 18.1. The zero-order valence-electron chi connectivity index (χ0n) is 32.9. The second-order valence-electron chi connectivity index (χ2n) is 13.2. The van der Waals surface area contributed by atoms with Crippen molar-refractivity contribution in [3.63, 3.8) is 0 Å². The van der Waals surface area contributed by atoms with Crippen molar-refractivity contribution in [3.05, 3.63) is 0 Å². The lowest BCUT2D eigenvalue weighted by Crippen LogP contribution is -2.64. The van der Waals surface area contributed by atoms with Crippen LogP contribution in [0.15, 0.2) is 0 Å². The van der Waals surface area contributed by atoms with Gasteiger partial charge in [0.2, 0.25) is 0 Å². The highest BCUT2D eigenvalue weighted by atomic mass is 32.2. The normalized spacial score (nSPS) is 16.1. The predicted octanol–water partition coefficient (Wildman–Crippen LogP) is 7.55. The molecular formula is C34H78N4O4SSi2. The summed E-state index contributed by atoms with van der Waals surface area (Å²) in [4.78, 5) is 10.9. The second kappa shape index (κ2) is 22.2. The Morgan fingerprint density at radius 1 is 0.489 bits per heavy atom. The Labute approximate surface area is 288 Å². The van der Waals surface area contributed by atoms with Crippen molar-refractivity contribution in [2.45, 2.75) is 142 Å². The van der Waals surface area contributed by atoms with Crippen LogP contribution >= 0.6 is 11.8 Å². The van der Waals surface area contributed by atoms with Gasteiger partial charge in [-0.2, -0.15) is 0 Å². The van der Waals surface area contributed by atoms with E-state index in [0.29, 0.717) is 12.3 Å². The van der Waals surface area contributed by atoms with Crippen LogP contribution in [0.25, 0.3) is 0 Å². The Bertz CT molecular complexity index is 668. The Kier molecular flexibility index (Phi) is 22.5. The largest absolute Gasteiger partial charge is 0.398 e. The monoisotopic (exact) mass is 695 g/mol. The van der Waals surface area contributed by atoms with Gasteiger partial charge in [0.05, 0.1) is 12.3 Å². The van der Waals surface area contributed by atoms with Gasteiger partial charge >= 0.3 is 17.1 Å². The molecule has 2 unspecified atom stereocenters. The molecule has 0 saturated heterocycles. The fraction of sp³-hybridized carbons (Fsp3) is 1.00. The molecule has 0 aliphatic heterocycles. The molecule has 0 fully saturated rings. The fourth-order valence-electron chi connectivity index (χ4n) is 7.38. The van der Waals surface area contributed by atoms with Gasteiger partial charge in [0, 0.05) is 37.9 Å². The highest BCUT2D eigenvalue weighted by Gasteiger charge is 2.50. The molecule has 0 aromatic heterocycles. The van der Waals surface area contributed by atoms with Gasteiger partial charge in [-0.05, 0) is 117 Å². The van der Waals surface area contributed by atoms with Crippen LogP contribution in [-0.2, 0) is 17.7 Å². The van der Waals surface area contributed by atoms with Crippen LogP contribution in [-0.4, -0.2) is 139 Å². The summed E-state index contributed by atoms with van der Waals surface area (Å²) in [6.07, 6.45) is 5.01. The minimum atomic E-state index is -2.19. The molecule has 0 rings (SSSR count). The summed E-state index contributed by atoms with van der Waals surface area (Å²) in [6, 6.07) is 1.99. The molecular weight excluding hydrogens is 617 g/mol. The van der Waals surface area contributed by atoms with Crippen molar-refractivity contribution in [2.75, 3.05) is 80.8 Å². The number of thioether (sulfide) groups is 1. The first kappa shape index (κ1) is 45.5. The molecule has 0 heterocycles. The average Bonchev–Trinajstić information content (AvgIpc) is 3.04. The van der Waals surface area contributed by atoms with E-state index in [-0.39, 0.29) is 9.49 Å². The quantitative estimate of drug-likeness (QED) is 0.0611. The third kappa shape index (κ3) is 13.0. The van der Waals surface area contributed by atoms with Crippen LogP contribution in [0.2, 0.25) is 25.2 Å². The number of hydrogen-bond donors (Lipinski definition) is 0. The Morgan fingerprint density at radius 3 is 0.889 bits per heavy atom. The molecule has 8 nitrogen and oxygen atoms in total. The molecule has 0 amide bonds. The van der Waals surface area contributed by atoms with Crippen LogP contribution in [0.5, 0.6) is 0 Å². The number of nitrogens with zero attached hydrogens (tertiary/aromatic N) is 4. The molecule has 0 aliphatic rings. The first-order chi connectivity index (χ1) is 21.2. The van der Waals surface area contributed by atoms with Gasteiger partial charge < -0.3 is 17.7 Å². The summed E-state index contributed by atoms with van der Waals surface area (Å²) < 4.78 is 23.8. The van der Waals surface area contributed by atoms with Crippen molar-refractivity contribution in [2.24, 2.45) is 0 Å². The van der Waals surface area contributed by atoms with Crippen molar-refractivity contribution >= 4 is 28.9 Å². The third-order valence-electron chi connectivity index (χ3n) is 10.5. The van der Waals surface area contributed by atoms with Crippen LogP contribution < -0.4 is 0 Å². The van der Waals surface area contributed by atoms with E-state index in [0.717, 1.165) is 90.1 Å². The van der Waals surface area contributed by atoms with Gasteiger partial charge in [-0.3, -0.25) is 19.6 Å². The maximum absolute atomic E-state index is 5.96. The molecule has 0 saturated carbocycles. The van der Waals surface area contributed by atoms with Gasteiger partial charge in [0.15, 0.2) is 0 Å². The molecule has 0 radical (unpaired) electrons. The minimum Gasteiger partial charge on any atom is -0.398 e. The summed E-state index contributed by atoms with van der Waals surface area (Å²) >= 11 is 2.28. The molecule has 0 spiro atoms. The second-order valence-corrected chi connectivity index (χ2v) is 22.4. The lowest BCUT2D eigenvalue weighted by molar-refractivity contribution is 0.0173. The van der Waals surface area contributed by atoms with Gasteiger partial charge in [0.1, 0.15) is 0 Å². The van der Waals surface area contributed by atoms with E-state index < -0.39 is 17.1 Å². The molecule has 0 aromatic rings. The third-order valence-corrected chi connectivity index (χ3v) is 18.3. The molecule has 0 N–H and O–H groups in total. The lowest BCUT2D eigenvalue weighted by Gasteiger charge is -2.56. The van der Waals surface area contributed by atoms with E-state index in [2.05, 4.69) is 114 Å². The summed E-state index contributed by atoms with van der Waals surface area (Å²) in [7, 11) is 2.93. The predicted molar refractivity (Wildman–Crippen MR) is 203 cm³/mol. The highest BCUT2D eigenvalue weighted by molar-refractivity contribution is 8.02. The molecule has 11 heteroatoms. The van der Waals surface area contributed by atoms with E-state index >= 15 is 0 Å². The maximum Gasteiger partial charge on any atom is 0.334 e. The van der Waals surface area contributed by atoms with E-state index in [4.69, 9.17) is 17.7 Å². The molecule has 0 aromatic carbocycles. The molecule has 0 aliphatic carbocycles. The zero-order valence-corrected chi connectivity index (χ0v) is 35.7. The summed E-state index contributed by atoms with van der Waals surface area (Å²) in [5, 5.41) is 0. The molecule has 45 heavy (non-hydrogen) atoms. The van der Waals surface area contributed by atoms with Crippen molar-refractivity contribution < 1.29 is 17.7 Å². The van der Waals surface area contributed by atoms with E-state index in [1.807, 2.05) is 28.4 Å². The molecule has 2 atom stereocenters. The van der Waals surface area contributed by atoms with Gasteiger partial charge in [-0.25, -0.2) is 0 Å². The van der Waals surface area contributed by atoms with E-state index in [9.17, 15) is 0 Å². The lowest BCUT2D eigenvalue weighted by atomic mass is 9.96. The van der Waals surface area contributed by atoms with Gasteiger partial charge in [-0.1, -0.05) is 55.4 Å². The standard InChI is InChI=1S/C34H78N4O4SSi2/c1-17-35(18-2)31(36(19-3)20-4)33(9,27-25-29-44(15,39-11)40-12)43-34(10,28-26-30-45(16,41-13)42-14)32(37(21-5)22-6)38(23-7)24-8/h31-32H,17-30H2,1-16H3. The van der Waals surface area contributed by atoms with Gasteiger partial charge in [0.25, 0.3) is 0 Å². The van der Waals surface area contributed by atoms with Gasteiger partial charge in [-0.15, -0.1) is 11.8 Å². The zero-order chi connectivity index (χ0) is 34.9. The molecule has 272 valence electrons. The topological polar surface area (TPSA) is 49.9 Å². The van der Waals surface area contributed by atoms with Crippen molar-refractivity contribution in [1.29, 1.82) is 0 Å². The number of hydrogen-bond acceptors (Lipinski definition) is 9. The number of rotatable bonds is 28. The fourth-order valence-corrected chi connectivity index (χ4v) is 12.5. The molecule has 0 bridgehead atoms. The smallest absolute Gasteiger partial charge is 0.334 e. The van der Waals surface area contributed by atoms with Crippen LogP contribution in [0.1, 0.15) is 94.9 Å². The Balaban J connectivity index is 7.35.